The molecule has 0 aliphatic carbocycles. The van der Waals surface area contributed by atoms with Crippen molar-refractivity contribution in [3.05, 3.63) is 21.3 Å². The highest BCUT2D eigenvalue weighted by Gasteiger charge is 2.22. The van der Waals surface area contributed by atoms with Gasteiger partial charge in [-0.1, -0.05) is 11.6 Å². The molecule has 1 N–H and O–H groups in total. The second-order valence-electron chi connectivity index (χ2n) is 3.51. The number of nitrogens with one attached hydrogen (secondary N) is 1. The molecule has 1 amide bonds. The van der Waals surface area contributed by atoms with E-state index in [1.165, 1.54) is 12.1 Å². The second kappa shape index (κ2) is 6.31. The molecule has 18 heavy (non-hydrogen) atoms. The van der Waals surface area contributed by atoms with Crippen LogP contribution in [0.2, 0.25) is 4.34 Å². The van der Waals surface area contributed by atoms with Gasteiger partial charge in [-0.25, -0.2) is 8.42 Å². The number of amides is 1. The van der Waals surface area contributed by atoms with E-state index >= 15 is 0 Å². The first-order valence-corrected chi connectivity index (χ1v) is 8.11. The molecule has 0 atom stereocenters. The smallest absolute Gasteiger partial charge is 0.235 e. The molecule has 0 saturated heterocycles. The molecule has 0 aromatic carbocycles. The van der Waals surface area contributed by atoms with E-state index < -0.39 is 33.0 Å². The van der Waals surface area contributed by atoms with Gasteiger partial charge in [0.05, 0.1) is 9.21 Å². The van der Waals surface area contributed by atoms with Crippen LogP contribution in [0.5, 0.6) is 0 Å². The van der Waals surface area contributed by atoms with Gasteiger partial charge in [0, 0.05) is 6.54 Å². The number of rotatable bonds is 6. The lowest BCUT2D eigenvalue weighted by atomic mass is 10.4. The van der Waals surface area contributed by atoms with E-state index in [4.69, 9.17) is 11.6 Å². The minimum absolute atomic E-state index is 0.277. The van der Waals surface area contributed by atoms with Crippen LogP contribution in [0, 0.1) is 0 Å². The molecule has 1 rings (SSSR count). The van der Waals surface area contributed by atoms with E-state index in [1.807, 2.05) is 0 Å². The normalized spacial score (nSPS) is 11.2. The van der Waals surface area contributed by atoms with Gasteiger partial charge >= 0.3 is 0 Å². The largest absolute Gasteiger partial charge is 0.356 e. The molecule has 0 fully saturated rings. The van der Waals surface area contributed by atoms with Crippen LogP contribution in [0.3, 0.4) is 0 Å². The summed E-state index contributed by atoms with van der Waals surface area (Å²) in [6, 6.07) is 2.99. The minimum atomic E-state index is -3.74. The van der Waals surface area contributed by atoms with Crippen LogP contribution >= 0.6 is 22.9 Å². The zero-order valence-corrected chi connectivity index (χ0v) is 12.0. The third-order valence-electron chi connectivity index (χ3n) is 1.92. The lowest BCUT2D eigenvalue weighted by molar-refractivity contribution is -0.118. The molecule has 0 aliphatic rings. The Kier molecular flexibility index (Phi) is 5.30. The number of hydrogen-bond acceptors (Lipinski definition) is 5. The van der Waals surface area contributed by atoms with E-state index in [2.05, 4.69) is 5.32 Å². The number of carbonyl (C=O) groups is 2. The van der Waals surface area contributed by atoms with Crippen LogP contribution in [0.1, 0.15) is 16.6 Å². The van der Waals surface area contributed by atoms with Gasteiger partial charge in [0.15, 0.2) is 15.6 Å². The van der Waals surface area contributed by atoms with Crippen molar-refractivity contribution in [2.75, 3.05) is 18.1 Å². The van der Waals surface area contributed by atoms with Crippen molar-refractivity contribution >= 4 is 44.5 Å². The van der Waals surface area contributed by atoms with E-state index in [0.717, 1.165) is 11.3 Å². The van der Waals surface area contributed by atoms with E-state index in [-0.39, 0.29) is 4.88 Å². The van der Waals surface area contributed by atoms with Crippen molar-refractivity contribution in [3.63, 3.8) is 0 Å². The van der Waals surface area contributed by atoms with E-state index in [1.54, 1.807) is 6.92 Å². The highest BCUT2D eigenvalue weighted by atomic mass is 35.5. The number of thiophene rings is 1. The number of Topliss-reactive ketones (excluding diaryl/α,β-unsaturated/α-hetero) is 1. The number of sulfone groups is 1. The molecule has 1 heterocycles. The molecule has 1 aromatic rings. The Morgan fingerprint density at radius 3 is 2.50 bits per heavy atom. The molecule has 8 heteroatoms. The standard InChI is InChI=1S/C10H12ClNO4S2/c1-2-12-10(14)6-18(15,16)5-7(13)8-3-4-9(11)17-8/h3-4H,2,5-6H2,1H3,(H,12,14). The van der Waals surface area contributed by atoms with E-state index in [9.17, 15) is 18.0 Å². The number of ketones is 1. The van der Waals surface area contributed by atoms with Gasteiger partial charge < -0.3 is 5.32 Å². The van der Waals surface area contributed by atoms with Gasteiger partial charge in [-0.2, -0.15) is 0 Å². The minimum Gasteiger partial charge on any atom is -0.356 e. The third-order valence-corrected chi connectivity index (χ3v) is 4.60. The summed E-state index contributed by atoms with van der Waals surface area (Å²) in [6.07, 6.45) is 0. The summed E-state index contributed by atoms with van der Waals surface area (Å²) in [6.45, 7) is 2.03. The Morgan fingerprint density at radius 1 is 1.33 bits per heavy atom. The number of carbonyl (C=O) groups excluding carboxylic acids is 2. The molecule has 0 saturated carbocycles. The average molecular weight is 310 g/mol. The van der Waals surface area contributed by atoms with Gasteiger partial charge in [0.25, 0.3) is 0 Å². The Bertz CT molecular complexity index is 550. The van der Waals surface area contributed by atoms with Crippen molar-refractivity contribution in [2.24, 2.45) is 0 Å². The Hall–Kier alpha value is -0.920. The first-order chi connectivity index (χ1) is 8.34. The van der Waals surface area contributed by atoms with Crippen LogP contribution in [0.25, 0.3) is 0 Å². The van der Waals surface area contributed by atoms with Crippen molar-refractivity contribution in [1.82, 2.24) is 5.32 Å². The van der Waals surface area contributed by atoms with Crippen LogP contribution < -0.4 is 5.32 Å². The quantitative estimate of drug-likeness (QED) is 0.799. The van der Waals surface area contributed by atoms with Crippen molar-refractivity contribution < 1.29 is 18.0 Å². The van der Waals surface area contributed by atoms with Crippen molar-refractivity contribution in [1.29, 1.82) is 0 Å². The highest BCUT2D eigenvalue weighted by molar-refractivity contribution is 7.92. The molecule has 1 aromatic heterocycles. The molecule has 100 valence electrons. The molecule has 0 unspecified atom stereocenters. The maximum absolute atomic E-state index is 11.7. The fourth-order valence-corrected chi connectivity index (χ4v) is 3.46. The molecule has 0 bridgehead atoms. The summed E-state index contributed by atoms with van der Waals surface area (Å²) in [5.41, 5.74) is 0. The molecule has 5 nitrogen and oxygen atoms in total. The average Bonchev–Trinajstić information content (AvgIpc) is 2.63. The maximum atomic E-state index is 11.7. The fraction of sp³-hybridized carbons (Fsp3) is 0.400. The molecular formula is C10H12ClNO4S2. The van der Waals surface area contributed by atoms with Crippen LogP contribution in [-0.4, -0.2) is 38.2 Å². The second-order valence-corrected chi connectivity index (χ2v) is 7.29. The number of hydrogen-bond donors (Lipinski definition) is 1. The number of halogens is 1. The van der Waals surface area contributed by atoms with Crippen LogP contribution in [-0.2, 0) is 14.6 Å². The van der Waals surface area contributed by atoms with Gasteiger partial charge in [-0.05, 0) is 19.1 Å². The van der Waals surface area contributed by atoms with Gasteiger partial charge in [0.2, 0.25) is 5.91 Å². The predicted molar refractivity (Wildman–Crippen MR) is 71.0 cm³/mol. The fourth-order valence-electron chi connectivity index (χ4n) is 1.23. The topological polar surface area (TPSA) is 80.3 Å². The first-order valence-electron chi connectivity index (χ1n) is 5.09. The zero-order chi connectivity index (χ0) is 13.8. The summed E-state index contributed by atoms with van der Waals surface area (Å²) >= 11 is 6.67. The molecule has 0 spiro atoms. The summed E-state index contributed by atoms with van der Waals surface area (Å²) in [5, 5.41) is 2.37. The summed E-state index contributed by atoms with van der Waals surface area (Å²) in [7, 11) is -3.74. The lowest BCUT2D eigenvalue weighted by Gasteiger charge is -2.03. The van der Waals surface area contributed by atoms with Gasteiger partial charge in [-0.15, -0.1) is 11.3 Å². The van der Waals surface area contributed by atoms with Crippen molar-refractivity contribution in [2.45, 2.75) is 6.92 Å². The van der Waals surface area contributed by atoms with Gasteiger partial charge in [0.1, 0.15) is 11.5 Å². The Balaban J connectivity index is 2.66. The first kappa shape index (κ1) is 15.1. The Morgan fingerprint density at radius 2 is 2.00 bits per heavy atom. The molecule has 0 radical (unpaired) electrons. The predicted octanol–water partition coefficient (Wildman–Crippen LogP) is 1.14. The Labute approximate surface area is 114 Å². The van der Waals surface area contributed by atoms with E-state index in [0.29, 0.717) is 10.9 Å². The van der Waals surface area contributed by atoms with Gasteiger partial charge in [-0.3, -0.25) is 9.59 Å². The van der Waals surface area contributed by atoms with Crippen molar-refractivity contribution in [3.8, 4) is 0 Å². The summed E-state index contributed by atoms with van der Waals surface area (Å²) in [4.78, 5) is 23.1. The molecule has 0 aliphatic heterocycles. The maximum Gasteiger partial charge on any atom is 0.235 e. The third kappa shape index (κ3) is 4.75. The monoisotopic (exact) mass is 309 g/mol. The van der Waals surface area contributed by atoms with Crippen LogP contribution in [0.15, 0.2) is 12.1 Å². The summed E-state index contributed by atoms with van der Waals surface area (Å²) in [5.74, 6) is -2.50. The SMILES string of the molecule is CCNC(=O)CS(=O)(=O)CC(=O)c1ccc(Cl)s1. The zero-order valence-electron chi connectivity index (χ0n) is 9.60. The lowest BCUT2D eigenvalue weighted by Crippen LogP contribution is -2.32. The van der Waals surface area contributed by atoms with Crippen LogP contribution in [0.4, 0.5) is 0 Å². The molecular weight excluding hydrogens is 298 g/mol. The summed E-state index contributed by atoms with van der Waals surface area (Å²) < 4.78 is 23.6. The highest BCUT2D eigenvalue weighted by Crippen LogP contribution is 2.22.